The molecule has 0 heterocycles. The van der Waals surface area contributed by atoms with Gasteiger partial charge in [-0.15, -0.1) is 0 Å². The Labute approximate surface area is 121 Å². The summed E-state index contributed by atoms with van der Waals surface area (Å²) in [5.74, 6) is -1.40. The van der Waals surface area contributed by atoms with Gasteiger partial charge in [0.2, 0.25) is 5.91 Å². The number of nitrogens with one attached hydrogen (secondary N) is 1. The van der Waals surface area contributed by atoms with Gasteiger partial charge in [0, 0.05) is 0 Å². The fourth-order valence-corrected chi connectivity index (χ4v) is 1.86. The van der Waals surface area contributed by atoms with Crippen LogP contribution in [0.5, 0.6) is 0 Å². The van der Waals surface area contributed by atoms with E-state index in [2.05, 4.69) is 5.32 Å². The number of nitriles is 1. The molecule has 0 aliphatic carbocycles. The van der Waals surface area contributed by atoms with Gasteiger partial charge < -0.3 is 10.4 Å². The first-order valence-corrected chi connectivity index (χ1v) is 6.21. The number of carboxylic acid groups (broad SMARTS) is 1. The van der Waals surface area contributed by atoms with Gasteiger partial charge in [-0.3, -0.25) is 4.79 Å². The van der Waals surface area contributed by atoms with E-state index in [0.717, 1.165) is 5.56 Å². The summed E-state index contributed by atoms with van der Waals surface area (Å²) in [7, 11) is 0. The van der Waals surface area contributed by atoms with Gasteiger partial charge in [-0.25, -0.2) is 4.79 Å². The topological polar surface area (TPSA) is 90.2 Å². The number of carboxylic acids is 1. The molecule has 0 saturated carbocycles. The molecule has 5 nitrogen and oxygen atoms in total. The monoisotopic (exact) mass is 280 g/mol. The number of anilines is 1. The highest BCUT2D eigenvalue weighted by Gasteiger charge is 2.11. The van der Waals surface area contributed by atoms with Crippen molar-refractivity contribution in [3.8, 4) is 6.07 Å². The van der Waals surface area contributed by atoms with Crippen LogP contribution >= 0.6 is 0 Å². The Morgan fingerprint density at radius 1 is 1.10 bits per heavy atom. The highest BCUT2D eigenvalue weighted by atomic mass is 16.4. The third-order valence-electron chi connectivity index (χ3n) is 2.88. The summed E-state index contributed by atoms with van der Waals surface area (Å²) in [5.41, 5.74) is 1.59. The van der Waals surface area contributed by atoms with Crippen LogP contribution in [0.2, 0.25) is 0 Å². The lowest BCUT2D eigenvalue weighted by atomic mass is 10.1. The molecule has 5 heteroatoms. The third-order valence-corrected chi connectivity index (χ3v) is 2.88. The maximum Gasteiger partial charge on any atom is 0.337 e. The SMILES string of the molecule is N#Cc1ccc(CC(=O)Nc2ccccc2C(=O)O)cc1. The molecule has 2 aromatic rings. The minimum Gasteiger partial charge on any atom is -0.478 e. The molecule has 104 valence electrons. The molecule has 0 saturated heterocycles. The molecule has 0 unspecified atom stereocenters. The second-order valence-corrected chi connectivity index (χ2v) is 4.38. The van der Waals surface area contributed by atoms with Gasteiger partial charge in [0.25, 0.3) is 0 Å². The zero-order chi connectivity index (χ0) is 15.2. The molecule has 2 rings (SSSR count). The third kappa shape index (κ3) is 3.67. The van der Waals surface area contributed by atoms with Crippen LogP contribution in [0.3, 0.4) is 0 Å². The minimum atomic E-state index is -1.09. The van der Waals surface area contributed by atoms with Crippen molar-refractivity contribution in [3.63, 3.8) is 0 Å². The molecule has 2 aromatic carbocycles. The molecular formula is C16H12N2O3. The fourth-order valence-electron chi connectivity index (χ4n) is 1.86. The summed E-state index contributed by atoms with van der Waals surface area (Å²) < 4.78 is 0. The largest absolute Gasteiger partial charge is 0.478 e. The number of rotatable bonds is 4. The Hall–Kier alpha value is -3.13. The second kappa shape index (κ2) is 6.35. The molecule has 2 N–H and O–H groups in total. The van der Waals surface area contributed by atoms with Crippen molar-refractivity contribution in [2.24, 2.45) is 0 Å². The van der Waals surface area contributed by atoms with E-state index in [9.17, 15) is 9.59 Å². The molecule has 0 aliphatic rings. The van der Waals surface area contributed by atoms with Crippen LogP contribution in [0.15, 0.2) is 48.5 Å². The van der Waals surface area contributed by atoms with Crippen LogP contribution in [0.1, 0.15) is 21.5 Å². The second-order valence-electron chi connectivity index (χ2n) is 4.38. The minimum absolute atomic E-state index is 0.0469. The van der Waals surface area contributed by atoms with Gasteiger partial charge in [0.1, 0.15) is 0 Å². The number of nitrogens with zero attached hydrogens (tertiary/aromatic N) is 1. The average molecular weight is 280 g/mol. The quantitative estimate of drug-likeness (QED) is 0.900. The molecule has 0 spiro atoms. The number of carbonyl (C=O) groups excluding carboxylic acids is 1. The van der Waals surface area contributed by atoms with Crippen LogP contribution in [-0.2, 0) is 11.2 Å². The molecule has 0 radical (unpaired) electrons. The lowest BCUT2D eigenvalue weighted by Crippen LogP contribution is -2.16. The van der Waals surface area contributed by atoms with E-state index in [0.29, 0.717) is 5.56 Å². The lowest BCUT2D eigenvalue weighted by Gasteiger charge is -2.08. The molecule has 0 aliphatic heterocycles. The molecule has 1 amide bonds. The van der Waals surface area contributed by atoms with Gasteiger partial charge in [-0.2, -0.15) is 5.26 Å². The van der Waals surface area contributed by atoms with Gasteiger partial charge in [0.05, 0.1) is 29.3 Å². The van der Waals surface area contributed by atoms with Crippen molar-refractivity contribution < 1.29 is 14.7 Å². The molecule has 0 atom stereocenters. The van der Waals surface area contributed by atoms with E-state index >= 15 is 0 Å². The predicted molar refractivity (Wildman–Crippen MR) is 76.9 cm³/mol. The first-order chi connectivity index (χ1) is 10.1. The molecule has 0 fully saturated rings. The zero-order valence-corrected chi connectivity index (χ0v) is 11.0. The van der Waals surface area contributed by atoms with E-state index in [4.69, 9.17) is 10.4 Å². The number of aromatic carboxylic acids is 1. The number of hydrogen-bond acceptors (Lipinski definition) is 3. The van der Waals surface area contributed by atoms with Crippen LogP contribution in [0.4, 0.5) is 5.69 Å². The number of benzene rings is 2. The Morgan fingerprint density at radius 3 is 2.38 bits per heavy atom. The van der Waals surface area contributed by atoms with Crippen molar-refractivity contribution in [3.05, 3.63) is 65.2 Å². The average Bonchev–Trinajstić information content (AvgIpc) is 2.48. The summed E-state index contributed by atoms with van der Waals surface area (Å²) in [6, 6.07) is 14.9. The van der Waals surface area contributed by atoms with E-state index in [1.165, 1.54) is 6.07 Å². The lowest BCUT2D eigenvalue weighted by molar-refractivity contribution is -0.115. The summed E-state index contributed by atoms with van der Waals surface area (Å²) >= 11 is 0. The van der Waals surface area contributed by atoms with Gasteiger partial charge in [0.15, 0.2) is 0 Å². The van der Waals surface area contributed by atoms with Crippen LogP contribution in [-0.4, -0.2) is 17.0 Å². The van der Waals surface area contributed by atoms with Crippen molar-refractivity contribution in [2.75, 3.05) is 5.32 Å². The Morgan fingerprint density at radius 2 is 1.76 bits per heavy atom. The first kappa shape index (κ1) is 14.3. The van der Waals surface area contributed by atoms with E-state index in [-0.39, 0.29) is 23.6 Å². The van der Waals surface area contributed by atoms with Crippen molar-refractivity contribution in [2.45, 2.75) is 6.42 Å². The standard InChI is InChI=1S/C16H12N2O3/c17-10-12-7-5-11(6-8-12)9-15(19)18-14-4-2-1-3-13(14)16(20)21/h1-8H,9H2,(H,18,19)(H,20,21). The maximum absolute atomic E-state index is 11.9. The van der Waals surface area contributed by atoms with Crippen LogP contribution in [0, 0.1) is 11.3 Å². The van der Waals surface area contributed by atoms with Crippen LogP contribution in [0.25, 0.3) is 0 Å². The smallest absolute Gasteiger partial charge is 0.337 e. The summed E-state index contributed by atoms with van der Waals surface area (Å²) in [4.78, 5) is 23.0. The van der Waals surface area contributed by atoms with Gasteiger partial charge in [-0.05, 0) is 29.8 Å². The zero-order valence-electron chi connectivity index (χ0n) is 11.0. The molecular weight excluding hydrogens is 268 g/mol. The number of hydrogen-bond donors (Lipinski definition) is 2. The fraction of sp³-hybridized carbons (Fsp3) is 0.0625. The number of carbonyl (C=O) groups is 2. The van der Waals surface area contributed by atoms with Gasteiger partial charge in [-0.1, -0.05) is 24.3 Å². The molecule has 21 heavy (non-hydrogen) atoms. The van der Waals surface area contributed by atoms with E-state index < -0.39 is 5.97 Å². The summed E-state index contributed by atoms with van der Waals surface area (Å²) in [5, 5.41) is 20.3. The summed E-state index contributed by atoms with van der Waals surface area (Å²) in [6.45, 7) is 0. The Balaban J connectivity index is 2.08. The highest BCUT2D eigenvalue weighted by Crippen LogP contribution is 2.15. The Kier molecular flexibility index (Phi) is 4.32. The van der Waals surface area contributed by atoms with Gasteiger partial charge >= 0.3 is 5.97 Å². The van der Waals surface area contributed by atoms with Crippen molar-refractivity contribution in [1.82, 2.24) is 0 Å². The number of amides is 1. The number of para-hydroxylation sites is 1. The molecule has 0 aromatic heterocycles. The van der Waals surface area contributed by atoms with E-state index in [1.54, 1.807) is 42.5 Å². The predicted octanol–water partition coefficient (Wildman–Crippen LogP) is 2.44. The van der Waals surface area contributed by atoms with Crippen LogP contribution < -0.4 is 5.32 Å². The van der Waals surface area contributed by atoms with E-state index in [1.807, 2.05) is 6.07 Å². The Bertz CT molecular complexity index is 715. The van der Waals surface area contributed by atoms with Crippen molar-refractivity contribution >= 4 is 17.6 Å². The molecule has 0 bridgehead atoms. The highest BCUT2D eigenvalue weighted by molar-refractivity contribution is 6.00. The first-order valence-electron chi connectivity index (χ1n) is 6.21. The maximum atomic E-state index is 11.9. The van der Waals surface area contributed by atoms with Crippen molar-refractivity contribution in [1.29, 1.82) is 5.26 Å². The normalized spacial score (nSPS) is 9.67. The summed E-state index contributed by atoms with van der Waals surface area (Å²) in [6.07, 6.45) is 0.111.